The molecule has 0 unspecified atom stereocenters. The summed E-state index contributed by atoms with van der Waals surface area (Å²) >= 11 is 0. The summed E-state index contributed by atoms with van der Waals surface area (Å²) in [6.45, 7) is 0.464. The number of rotatable bonds is 12. The van der Waals surface area contributed by atoms with E-state index in [0.717, 1.165) is 34.3 Å². The number of fused-ring (bicyclic) bond motifs is 1. The monoisotopic (exact) mass is 585 g/mol. The average molecular weight is 586 g/mol. The zero-order valence-corrected chi connectivity index (χ0v) is 24.9. The van der Waals surface area contributed by atoms with Gasteiger partial charge in [-0.2, -0.15) is 0 Å². The maximum Gasteiger partial charge on any atom is 0.251 e. The minimum Gasteiger partial charge on any atom is -0.497 e. The summed E-state index contributed by atoms with van der Waals surface area (Å²) in [5.74, 6) is 2.77. The van der Waals surface area contributed by atoms with Gasteiger partial charge in [-0.1, -0.05) is 66.7 Å². The van der Waals surface area contributed by atoms with E-state index in [9.17, 15) is 4.79 Å². The lowest BCUT2D eigenvalue weighted by Gasteiger charge is -2.21. The highest BCUT2D eigenvalue weighted by Crippen LogP contribution is 2.29. The van der Waals surface area contributed by atoms with E-state index in [4.69, 9.17) is 19.7 Å². The van der Waals surface area contributed by atoms with Crippen LogP contribution in [0.5, 0.6) is 11.5 Å². The lowest BCUT2D eigenvalue weighted by molar-refractivity contribution is 0.0934. The molecule has 0 bridgehead atoms. The van der Waals surface area contributed by atoms with Crippen LogP contribution >= 0.6 is 0 Å². The molecule has 0 saturated carbocycles. The third-order valence-electron chi connectivity index (χ3n) is 7.91. The van der Waals surface area contributed by atoms with Crippen LogP contribution < -0.4 is 14.8 Å². The molecule has 0 spiro atoms. The van der Waals surface area contributed by atoms with Crippen LogP contribution in [0, 0.1) is 0 Å². The minimum atomic E-state index is -0.455. The van der Waals surface area contributed by atoms with Crippen LogP contribution in [0.25, 0.3) is 10.9 Å². The third-order valence-corrected chi connectivity index (χ3v) is 7.91. The van der Waals surface area contributed by atoms with E-state index in [0.29, 0.717) is 42.3 Å². The Balaban J connectivity index is 1.41. The highest BCUT2D eigenvalue weighted by molar-refractivity contribution is 5.94. The SMILES string of the molecule is COc1ccc(Cn2c(CCc3ccccc3)nnc2[C@@H](Cc2c[nH]c3ccccc23)NC(=O)c2ccccc2)c(OC)c1. The van der Waals surface area contributed by atoms with Crippen LogP contribution in [0.1, 0.15) is 44.7 Å². The zero-order chi connectivity index (χ0) is 30.3. The minimum absolute atomic E-state index is 0.169. The van der Waals surface area contributed by atoms with E-state index in [1.54, 1.807) is 14.2 Å². The number of nitrogens with one attached hydrogen (secondary N) is 2. The second-order valence-corrected chi connectivity index (χ2v) is 10.7. The Hall–Kier alpha value is -5.37. The Labute approximate surface area is 256 Å². The van der Waals surface area contributed by atoms with Gasteiger partial charge in [-0.05, 0) is 47.9 Å². The van der Waals surface area contributed by atoms with Crippen molar-refractivity contribution in [2.75, 3.05) is 14.2 Å². The fraction of sp³-hybridized carbons (Fsp3) is 0.194. The number of amides is 1. The number of benzene rings is 4. The number of carbonyl (C=O) groups excluding carboxylic acids is 1. The van der Waals surface area contributed by atoms with E-state index in [1.165, 1.54) is 5.56 Å². The number of methoxy groups -OCH3 is 2. The molecule has 8 heteroatoms. The van der Waals surface area contributed by atoms with Crippen molar-refractivity contribution in [2.45, 2.75) is 31.8 Å². The molecule has 6 rings (SSSR count). The van der Waals surface area contributed by atoms with E-state index < -0.39 is 6.04 Å². The van der Waals surface area contributed by atoms with Crippen LogP contribution in [0.15, 0.2) is 109 Å². The number of H-pyrrole nitrogens is 1. The standard InChI is InChI=1S/C36H35N5O3/c1-43-29-19-18-27(33(22-29)44-2)24-41-34(20-17-25-11-5-3-6-12-25)39-40-35(41)32(38-36(42)26-13-7-4-8-14-26)21-28-23-37-31-16-10-9-15-30(28)31/h3-16,18-19,22-23,32,37H,17,20-21,24H2,1-2H3,(H,38,42)/t32-/m1/s1. The van der Waals surface area contributed by atoms with Gasteiger partial charge in [0.05, 0.1) is 26.8 Å². The second kappa shape index (κ2) is 13.3. The van der Waals surface area contributed by atoms with Gasteiger partial charge in [-0.25, -0.2) is 0 Å². The smallest absolute Gasteiger partial charge is 0.251 e. The largest absolute Gasteiger partial charge is 0.497 e. The molecule has 0 fully saturated rings. The molecule has 8 nitrogen and oxygen atoms in total. The van der Waals surface area contributed by atoms with E-state index in [1.807, 2.05) is 85.1 Å². The number of aryl methyl sites for hydroxylation is 2. The molecule has 222 valence electrons. The topological polar surface area (TPSA) is 94.1 Å². The molecule has 6 aromatic rings. The Bertz CT molecular complexity index is 1850. The summed E-state index contributed by atoms with van der Waals surface area (Å²) in [5, 5.41) is 13.8. The van der Waals surface area contributed by atoms with Gasteiger partial charge in [0, 0.05) is 47.1 Å². The summed E-state index contributed by atoms with van der Waals surface area (Å²) < 4.78 is 13.3. The van der Waals surface area contributed by atoms with Crippen LogP contribution in [0.3, 0.4) is 0 Å². The third kappa shape index (κ3) is 6.34. The zero-order valence-electron chi connectivity index (χ0n) is 24.9. The molecular weight excluding hydrogens is 550 g/mol. The normalized spacial score (nSPS) is 11.8. The molecule has 4 aromatic carbocycles. The maximum atomic E-state index is 13.6. The predicted molar refractivity (Wildman–Crippen MR) is 171 cm³/mol. The number of para-hydroxylation sites is 1. The summed E-state index contributed by atoms with van der Waals surface area (Å²) in [6.07, 6.45) is 4.03. The molecule has 0 aliphatic carbocycles. The number of nitrogens with zero attached hydrogens (tertiary/aromatic N) is 3. The fourth-order valence-electron chi connectivity index (χ4n) is 5.58. The van der Waals surface area contributed by atoms with Crippen molar-refractivity contribution in [3.05, 3.63) is 143 Å². The number of hydrogen-bond acceptors (Lipinski definition) is 5. The molecule has 2 aromatic heterocycles. The van der Waals surface area contributed by atoms with E-state index >= 15 is 0 Å². The number of carbonyl (C=O) groups is 1. The van der Waals surface area contributed by atoms with Gasteiger partial charge in [0.1, 0.15) is 17.3 Å². The summed E-state index contributed by atoms with van der Waals surface area (Å²) in [7, 11) is 3.29. The fourth-order valence-corrected chi connectivity index (χ4v) is 5.58. The Morgan fingerprint density at radius 1 is 0.841 bits per heavy atom. The molecule has 0 saturated heterocycles. The number of aromatic nitrogens is 4. The maximum absolute atomic E-state index is 13.6. The molecule has 0 aliphatic heterocycles. The van der Waals surface area contributed by atoms with Crippen LogP contribution in [-0.4, -0.2) is 39.9 Å². The number of ether oxygens (including phenoxy) is 2. The molecule has 0 radical (unpaired) electrons. The lowest BCUT2D eigenvalue weighted by Crippen LogP contribution is -2.32. The first-order valence-electron chi connectivity index (χ1n) is 14.7. The van der Waals surface area contributed by atoms with Crippen molar-refractivity contribution < 1.29 is 14.3 Å². The van der Waals surface area contributed by atoms with Crippen molar-refractivity contribution in [2.24, 2.45) is 0 Å². The molecule has 2 N–H and O–H groups in total. The molecule has 44 heavy (non-hydrogen) atoms. The van der Waals surface area contributed by atoms with Gasteiger partial charge in [-0.3, -0.25) is 4.79 Å². The van der Waals surface area contributed by atoms with Gasteiger partial charge in [0.2, 0.25) is 0 Å². The molecular formula is C36H35N5O3. The first-order valence-corrected chi connectivity index (χ1v) is 14.7. The van der Waals surface area contributed by atoms with Crippen molar-refractivity contribution >= 4 is 16.8 Å². The lowest BCUT2D eigenvalue weighted by atomic mass is 10.0. The first-order chi connectivity index (χ1) is 21.6. The molecule has 1 atom stereocenters. The first kappa shape index (κ1) is 28.7. The molecule has 0 aliphatic rings. The quantitative estimate of drug-likeness (QED) is 0.175. The van der Waals surface area contributed by atoms with Crippen molar-refractivity contribution in [1.29, 1.82) is 0 Å². The number of hydrogen-bond donors (Lipinski definition) is 2. The number of aromatic amines is 1. The van der Waals surface area contributed by atoms with Gasteiger partial charge < -0.3 is 24.3 Å². The summed E-state index contributed by atoms with van der Waals surface area (Å²) in [6, 6.07) is 33.1. The Kier molecular flexibility index (Phi) is 8.68. The molecule has 1 amide bonds. The van der Waals surface area contributed by atoms with E-state index in [-0.39, 0.29) is 5.91 Å². The van der Waals surface area contributed by atoms with Gasteiger partial charge in [0.15, 0.2) is 5.82 Å². The highest BCUT2D eigenvalue weighted by Gasteiger charge is 2.26. The highest BCUT2D eigenvalue weighted by atomic mass is 16.5. The van der Waals surface area contributed by atoms with Crippen LogP contribution in [0.2, 0.25) is 0 Å². The average Bonchev–Trinajstić information content (AvgIpc) is 3.68. The van der Waals surface area contributed by atoms with Gasteiger partial charge in [0.25, 0.3) is 5.91 Å². The summed E-state index contributed by atoms with van der Waals surface area (Å²) in [4.78, 5) is 16.9. The van der Waals surface area contributed by atoms with Crippen molar-refractivity contribution in [1.82, 2.24) is 25.1 Å². The van der Waals surface area contributed by atoms with E-state index in [2.05, 4.69) is 39.1 Å². The molecule has 2 heterocycles. The Morgan fingerprint density at radius 3 is 2.36 bits per heavy atom. The van der Waals surface area contributed by atoms with Crippen LogP contribution in [0.4, 0.5) is 0 Å². The van der Waals surface area contributed by atoms with Gasteiger partial charge in [-0.15, -0.1) is 10.2 Å². The Morgan fingerprint density at radius 2 is 1.59 bits per heavy atom. The predicted octanol–water partition coefficient (Wildman–Crippen LogP) is 6.32. The van der Waals surface area contributed by atoms with Crippen molar-refractivity contribution in [3.8, 4) is 11.5 Å². The van der Waals surface area contributed by atoms with Crippen LogP contribution in [-0.2, 0) is 25.8 Å². The summed E-state index contributed by atoms with van der Waals surface area (Å²) in [5.41, 5.74) is 4.89. The van der Waals surface area contributed by atoms with Crippen molar-refractivity contribution in [3.63, 3.8) is 0 Å². The second-order valence-electron chi connectivity index (χ2n) is 10.7. The van der Waals surface area contributed by atoms with Gasteiger partial charge >= 0.3 is 0 Å².